The van der Waals surface area contributed by atoms with Crippen molar-refractivity contribution in [2.75, 3.05) is 6.61 Å². The van der Waals surface area contributed by atoms with Crippen LogP contribution in [0.4, 0.5) is 4.39 Å². The van der Waals surface area contributed by atoms with E-state index in [4.69, 9.17) is 4.74 Å². The van der Waals surface area contributed by atoms with E-state index in [0.29, 0.717) is 12.4 Å². The van der Waals surface area contributed by atoms with Gasteiger partial charge in [0, 0.05) is 0 Å². The maximum Gasteiger partial charge on any atom is 0.123 e. The maximum absolute atomic E-state index is 12.9. The van der Waals surface area contributed by atoms with Crippen LogP contribution < -0.4 is 4.74 Å². The molecular formula is C20H16FO-. The minimum Gasteiger partial charge on any atom is -0.498 e. The highest BCUT2D eigenvalue weighted by atomic mass is 19.1. The van der Waals surface area contributed by atoms with Gasteiger partial charge >= 0.3 is 0 Å². The van der Waals surface area contributed by atoms with Crippen molar-refractivity contribution >= 4 is 0 Å². The molecule has 3 rings (SSSR count). The SMILES string of the molecule is Fc1ccc(OC[C-](C=C2C=CC=C2)c2ccccc2)cc1. The molecule has 0 unspecified atom stereocenters. The van der Waals surface area contributed by atoms with Crippen LogP contribution in [0.2, 0.25) is 0 Å². The molecule has 0 spiro atoms. The van der Waals surface area contributed by atoms with Gasteiger partial charge in [-0.05, 0) is 24.3 Å². The Labute approximate surface area is 130 Å². The minimum atomic E-state index is -0.261. The molecule has 0 radical (unpaired) electrons. The zero-order valence-corrected chi connectivity index (χ0v) is 12.1. The van der Waals surface area contributed by atoms with Crippen LogP contribution in [0.3, 0.4) is 0 Å². The molecule has 0 saturated carbocycles. The Morgan fingerprint density at radius 1 is 0.909 bits per heavy atom. The third kappa shape index (κ3) is 3.67. The number of hydrogen-bond acceptors (Lipinski definition) is 1. The predicted molar refractivity (Wildman–Crippen MR) is 87.0 cm³/mol. The fraction of sp³-hybridized carbons (Fsp3) is 0.0500. The summed E-state index contributed by atoms with van der Waals surface area (Å²) >= 11 is 0. The van der Waals surface area contributed by atoms with E-state index in [0.717, 1.165) is 17.1 Å². The van der Waals surface area contributed by atoms with E-state index in [-0.39, 0.29) is 5.82 Å². The Hall–Kier alpha value is -2.74. The van der Waals surface area contributed by atoms with E-state index in [1.54, 1.807) is 12.1 Å². The van der Waals surface area contributed by atoms with Crippen LogP contribution in [0.15, 0.2) is 90.6 Å². The number of rotatable bonds is 5. The molecule has 0 heterocycles. The molecule has 1 aliphatic carbocycles. The molecule has 0 fully saturated rings. The summed E-state index contributed by atoms with van der Waals surface area (Å²) in [7, 11) is 0. The second-order valence-corrected chi connectivity index (χ2v) is 5.00. The molecule has 22 heavy (non-hydrogen) atoms. The van der Waals surface area contributed by atoms with Gasteiger partial charge in [0.2, 0.25) is 0 Å². The summed E-state index contributed by atoms with van der Waals surface area (Å²) in [5, 5.41) is 0. The summed E-state index contributed by atoms with van der Waals surface area (Å²) in [5.41, 5.74) is 2.26. The van der Waals surface area contributed by atoms with Crippen LogP contribution in [-0.2, 0) is 0 Å². The van der Waals surface area contributed by atoms with Crippen LogP contribution in [0, 0.1) is 11.7 Å². The molecule has 110 valence electrons. The quantitative estimate of drug-likeness (QED) is 0.713. The summed E-state index contributed by atoms with van der Waals surface area (Å²) in [6.07, 6.45) is 10.2. The van der Waals surface area contributed by atoms with Crippen molar-refractivity contribution in [3.05, 3.63) is 108 Å². The van der Waals surface area contributed by atoms with Gasteiger partial charge in [0.05, 0.1) is 6.61 Å². The number of allylic oxidation sites excluding steroid dienone is 5. The molecule has 2 aromatic carbocycles. The number of benzene rings is 2. The minimum absolute atomic E-state index is 0.261. The molecular weight excluding hydrogens is 275 g/mol. The summed E-state index contributed by atoms with van der Waals surface area (Å²) in [6, 6.07) is 16.2. The highest BCUT2D eigenvalue weighted by molar-refractivity contribution is 5.48. The number of halogens is 1. The van der Waals surface area contributed by atoms with E-state index < -0.39 is 0 Å². The first-order valence-corrected chi connectivity index (χ1v) is 7.17. The molecule has 0 N–H and O–H groups in total. The van der Waals surface area contributed by atoms with E-state index in [1.807, 2.05) is 30.4 Å². The topological polar surface area (TPSA) is 9.23 Å². The van der Waals surface area contributed by atoms with Crippen molar-refractivity contribution in [2.24, 2.45) is 0 Å². The Bertz CT molecular complexity index is 682. The normalized spacial score (nSPS) is 12.5. The van der Waals surface area contributed by atoms with Gasteiger partial charge in [0.25, 0.3) is 0 Å². The Morgan fingerprint density at radius 3 is 2.27 bits per heavy atom. The second-order valence-electron chi connectivity index (χ2n) is 5.00. The van der Waals surface area contributed by atoms with Gasteiger partial charge in [0.15, 0.2) is 0 Å². The first kappa shape index (κ1) is 14.2. The van der Waals surface area contributed by atoms with Crippen molar-refractivity contribution in [1.82, 2.24) is 0 Å². The first-order chi connectivity index (χ1) is 10.8. The van der Waals surface area contributed by atoms with E-state index in [2.05, 4.69) is 30.4 Å². The Morgan fingerprint density at radius 2 is 1.59 bits per heavy atom. The zero-order valence-electron chi connectivity index (χ0n) is 12.1. The van der Waals surface area contributed by atoms with Crippen molar-refractivity contribution in [3.63, 3.8) is 0 Å². The lowest BCUT2D eigenvalue weighted by Crippen LogP contribution is -2.09. The van der Waals surface area contributed by atoms with Gasteiger partial charge in [-0.2, -0.15) is 0 Å². The third-order valence-electron chi connectivity index (χ3n) is 3.38. The van der Waals surface area contributed by atoms with E-state index in [9.17, 15) is 4.39 Å². The molecule has 2 aromatic rings. The van der Waals surface area contributed by atoms with Crippen molar-refractivity contribution in [3.8, 4) is 5.75 Å². The van der Waals surface area contributed by atoms with Gasteiger partial charge in [-0.1, -0.05) is 41.9 Å². The highest BCUT2D eigenvalue weighted by Gasteiger charge is 2.04. The lowest BCUT2D eigenvalue weighted by molar-refractivity contribution is 0.341. The van der Waals surface area contributed by atoms with Crippen LogP contribution >= 0.6 is 0 Å². The standard InChI is InChI=1S/C20H16FO/c21-19-10-12-20(13-11-19)22-15-18(14-16-6-4-5-7-16)17-8-2-1-3-9-17/h1-14H,15H2/q-1. The molecule has 1 aliphatic rings. The fourth-order valence-corrected chi connectivity index (χ4v) is 2.24. The largest absolute Gasteiger partial charge is 0.498 e. The van der Waals surface area contributed by atoms with Crippen molar-refractivity contribution in [2.45, 2.75) is 0 Å². The zero-order chi connectivity index (χ0) is 15.2. The van der Waals surface area contributed by atoms with E-state index in [1.165, 1.54) is 12.1 Å². The lowest BCUT2D eigenvalue weighted by Gasteiger charge is -2.22. The Kier molecular flexibility index (Phi) is 4.40. The fourth-order valence-electron chi connectivity index (χ4n) is 2.24. The maximum atomic E-state index is 12.9. The molecule has 0 amide bonds. The molecule has 2 heteroatoms. The van der Waals surface area contributed by atoms with Gasteiger partial charge in [-0.15, -0.1) is 35.9 Å². The predicted octanol–water partition coefficient (Wildman–Crippen LogP) is 4.88. The summed E-state index contributed by atoms with van der Waals surface area (Å²) in [5.74, 6) is 1.48. The van der Waals surface area contributed by atoms with Crippen LogP contribution in [-0.4, -0.2) is 6.61 Å². The second kappa shape index (κ2) is 6.81. The number of ether oxygens (including phenoxy) is 1. The average Bonchev–Trinajstić information content (AvgIpc) is 3.07. The van der Waals surface area contributed by atoms with Gasteiger partial charge in [-0.25, -0.2) is 4.39 Å². The van der Waals surface area contributed by atoms with Gasteiger partial charge in [-0.3, -0.25) is 0 Å². The van der Waals surface area contributed by atoms with Gasteiger partial charge in [0.1, 0.15) is 11.6 Å². The third-order valence-corrected chi connectivity index (χ3v) is 3.38. The first-order valence-electron chi connectivity index (χ1n) is 7.17. The summed E-state index contributed by atoms with van der Waals surface area (Å²) in [6.45, 7) is 0.431. The molecule has 0 atom stereocenters. The van der Waals surface area contributed by atoms with Crippen LogP contribution in [0.1, 0.15) is 5.56 Å². The monoisotopic (exact) mass is 291 g/mol. The van der Waals surface area contributed by atoms with Gasteiger partial charge < -0.3 is 4.74 Å². The number of hydrogen-bond donors (Lipinski definition) is 0. The summed E-state index contributed by atoms with van der Waals surface area (Å²) in [4.78, 5) is 0. The Balaban J connectivity index is 1.76. The average molecular weight is 291 g/mol. The lowest BCUT2D eigenvalue weighted by atomic mass is 9.97. The molecule has 0 saturated heterocycles. The smallest absolute Gasteiger partial charge is 0.123 e. The molecule has 0 aliphatic heterocycles. The van der Waals surface area contributed by atoms with Crippen molar-refractivity contribution in [1.29, 1.82) is 0 Å². The summed E-state index contributed by atoms with van der Waals surface area (Å²) < 4.78 is 18.7. The van der Waals surface area contributed by atoms with Crippen LogP contribution in [0.25, 0.3) is 0 Å². The van der Waals surface area contributed by atoms with Crippen LogP contribution in [0.5, 0.6) is 5.75 Å². The van der Waals surface area contributed by atoms with E-state index >= 15 is 0 Å². The molecule has 0 aromatic heterocycles. The molecule has 0 bridgehead atoms. The highest BCUT2D eigenvalue weighted by Crippen LogP contribution is 2.22. The molecule has 1 nitrogen and oxygen atoms in total. The van der Waals surface area contributed by atoms with Crippen molar-refractivity contribution < 1.29 is 9.13 Å².